The summed E-state index contributed by atoms with van der Waals surface area (Å²) in [5.41, 5.74) is 5.82. The summed E-state index contributed by atoms with van der Waals surface area (Å²) in [6.07, 6.45) is 5.64. The molecule has 3 atom stereocenters. The average Bonchev–Trinajstić information content (AvgIpc) is 2.37. The highest BCUT2D eigenvalue weighted by Gasteiger charge is 2.25. The zero-order valence-corrected chi connectivity index (χ0v) is 7.12. The van der Waals surface area contributed by atoms with Crippen LogP contribution in [0, 0.1) is 0 Å². The Labute approximate surface area is 68.4 Å². The molecule has 0 heterocycles. The van der Waals surface area contributed by atoms with Crippen LogP contribution in [0.4, 0.5) is 0 Å². The topological polar surface area (TPSA) is 35.2 Å². The lowest BCUT2D eigenvalue weighted by Gasteiger charge is -2.19. The van der Waals surface area contributed by atoms with Gasteiger partial charge in [0.05, 0.1) is 12.2 Å². The van der Waals surface area contributed by atoms with E-state index in [1.54, 1.807) is 0 Å². The van der Waals surface area contributed by atoms with Gasteiger partial charge in [-0.2, -0.15) is 0 Å². The zero-order chi connectivity index (χ0) is 8.27. The maximum atomic E-state index is 5.82. The molecule has 1 aliphatic carbocycles. The molecular weight excluding hydrogens is 138 g/mol. The summed E-state index contributed by atoms with van der Waals surface area (Å²) in [4.78, 5) is 0. The van der Waals surface area contributed by atoms with Crippen LogP contribution in [0.1, 0.15) is 26.2 Å². The van der Waals surface area contributed by atoms with E-state index in [1.165, 1.54) is 6.42 Å². The standard InChI is InChI=1S/C9H17NO/c1-3-7(2)11-9-6-4-5-8(9)10/h3,7-9H,1,4-6,10H2,2H3. The first-order chi connectivity index (χ1) is 5.24. The molecule has 11 heavy (non-hydrogen) atoms. The molecule has 1 rings (SSSR count). The lowest BCUT2D eigenvalue weighted by atomic mass is 10.2. The van der Waals surface area contributed by atoms with Crippen LogP contribution in [0.2, 0.25) is 0 Å². The number of hydrogen-bond donors (Lipinski definition) is 1. The Bertz CT molecular complexity index is 136. The highest BCUT2D eigenvalue weighted by Crippen LogP contribution is 2.21. The second kappa shape index (κ2) is 3.88. The van der Waals surface area contributed by atoms with Gasteiger partial charge in [0.15, 0.2) is 0 Å². The molecular formula is C9H17NO. The largest absolute Gasteiger partial charge is 0.370 e. The smallest absolute Gasteiger partial charge is 0.0733 e. The van der Waals surface area contributed by atoms with Gasteiger partial charge in [-0.1, -0.05) is 6.08 Å². The van der Waals surface area contributed by atoms with E-state index in [2.05, 4.69) is 6.58 Å². The van der Waals surface area contributed by atoms with E-state index in [4.69, 9.17) is 10.5 Å². The van der Waals surface area contributed by atoms with Gasteiger partial charge in [0.2, 0.25) is 0 Å². The van der Waals surface area contributed by atoms with Crippen molar-refractivity contribution in [1.29, 1.82) is 0 Å². The molecule has 0 saturated heterocycles. The summed E-state index contributed by atoms with van der Waals surface area (Å²) < 4.78 is 5.63. The number of hydrogen-bond acceptors (Lipinski definition) is 2. The summed E-state index contributed by atoms with van der Waals surface area (Å²) in [5, 5.41) is 0. The molecule has 1 fully saturated rings. The number of rotatable bonds is 3. The van der Waals surface area contributed by atoms with Crippen molar-refractivity contribution in [2.75, 3.05) is 0 Å². The fraction of sp³-hybridized carbons (Fsp3) is 0.778. The van der Waals surface area contributed by atoms with E-state index in [9.17, 15) is 0 Å². The normalized spacial score (nSPS) is 33.6. The van der Waals surface area contributed by atoms with Crippen LogP contribution < -0.4 is 5.73 Å². The van der Waals surface area contributed by atoms with Crippen molar-refractivity contribution in [3.8, 4) is 0 Å². The van der Waals surface area contributed by atoms with Crippen molar-refractivity contribution >= 4 is 0 Å². The molecule has 0 bridgehead atoms. The Balaban J connectivity index is 2.30. The minimum absolute atomic E-state index is 0.143. The Morgan fingerprint density at radius 3 is 2.82 bits per heavy atom. The third kappa shape index (κ3) is 2.31. The molecule has 0 aliphatic heterocycles. The molecule has 2 nitrogen and oxygen atoms in total. The van der Waals surface area contributed by atoms with Gasteiger partial charge in [0.25, 0.3) is 0 Å². The van der Waals surface area contributed by atoms with Gasteiger partial charge in [0, 0.05) is 6.04 Å². The third-order valence-corrected chi connectivity index (χ3v) is 2.23. The van der Waals surface area contributed by atoms with Gasteiger partial charge in [0.1, 0.15) is 0 Å². The van der Waals surface area contributed by atoms with Crippen LogP contribution in [0.25, 0.3) is 0 Å². The summed E-state index contributed by atoms with van der Waals surface area (Å²) in [7, 11) is 0. The van der Waals surface area contributed by atoms with E-state index in [0.717, 1.165) is 12.8 Å². The first kappa shape index (κ1) is 8.75. The van der Waals surface area contributed by atoms with E-state index in [0.29, 0.717) is 0 Å². The third-order valence-electron chi connectivity index (χ3n) is 2.23. The van der Waals surface area contributed by atoms with Crippen LogP contribution in [0.5, 0.6) is 0 Å². The summed E-state index contributed by atoms with van der Waals surface area (Å²) in [5.74, 6) is 0. The van der Waals surface area contributed by atoms with Crippen molar-refractivity contribution < 1.29 is 4.74 Å². The molecule has 1 aliphatic rings. The average molecular weight is 155 g/mol. The highest BCUT2D eigenvalue weighted by molar-refractivity contribution is 4.84. The number of ether oxygens (including phenoxy) is 1. The first-order valence-electron chi connectivity index (χ1n) is 4.27. The maximum Gasteiger partial charge on any atom is 0.0733 e. The molecule has 2 heteroatoms. The molecule has 0 aromatic carbocycles. The van der Waals surface area contributed by atoms with E-state index in [-0.39, 0.29) is 18.2 Å². The Kier molecular flexibility index (Phi) is 3.09. The lowest BCUT2D eigenvalue weighted by Crippen LogP contribution is -2.33. The second-order valence-electron chi connectivity index (χ2n) is 3.21. The number of nitrogens with two attached hydrogens (primary N) is 1. The van der Waals surface area contributed by atoms with Crippen LogP contribution >= 0.6 is 0 Å². The summed E-state index contributed by atoms with van der Waals surface area (Å²) in [6.45, 7) is 5.66. The highest BCUT2D eigenvalue weighted by atomic mass is 16.5. The summed E-state index contributed by atoms with van der Waals surface area (Å²) in [6, 6.07) is 0.248. The van der Waals surface area contributed by atoms with Gasteiger partial charge in [-0.05, 0) is 26.2 Å². The Hall–Kier alpha value is -0.340. The van der Waals surface area contributed by atoms with Gasteiger partial charge in [-0.25, -0.2) is 0 Å². The van der Waals surface area contributed by atoms with E-state index in [1.807, 2.05) is 13.0 Å². The molecule has 3 unspecified atom stereocenters. The van der Waals surface area contributed by atoms with Gasteiger partial charge < -0.3 is 10.5 Å². The van der Waals surface area contributed by atoms with Crippen molar-refractivity contribution in [3.63, 3.8) is 0 Å². The Morgan fingerprint density at radius 2 is 2.36 bits per heavy atom. The van der Waals surface area contributed by atoms with Crippen molar-refractivity contribution in [2.45, 2.75) is 44.4 Å². The minimum Gasteiger partial charge on any atom is -0.370 e. The maximum absolute atomic E-state index is 5.82. The van der Waals surface area contributed by atoms with Crippen molar-refractivity contribution in [1.82, 2.24) is 0 Å². The quantitative estimate of drug-likeness (QED) is 0.626. The van der Waals surface area contributed by atoms with Gasteiger partial charge in [-0.15, -0.1) is 6.58 Å². The molecule has 2 N–H and O–H groups in total. The van der Waals surface area contributed by atoms with Crippen molar-refractivity contribution in [3.05, 3.63) is 12.7 Å². The summed E-state index contributed by atoms with van der Waals surface area (Å²) >= 11 is 0. The second-order valence-corrected chi connectivity index (χ2v) is 3.21. The molecule has 0 aromatic rings. The van der Waals surface area contributed by atoms with Crippen molar-refractivity contribution in [2.24, 2.45) is 5.73 Å². The predicted molar refractivity (Wildman–Crippen MR) is 46.4 cm³/mol. The monoisotopic (exact) mass is 155 g/mol. The van der Waals surface area contributed by atoms with E-state index < -0.39 is 0 Å². The van der Waals surface area contributed by atoms with Crippen LogP contribution in [0.15, 0.2) is 12.7 Å². The molecule has 0 radical (unpaired) electrons. The SMILES string of the molecule is C=CC(C)OC1CCCC1N. The molecule has 0 spiro atoms. The fourth-order valence-electron chi connectivity index (χ4n) is 1.45. The predicted octanol–water partition coefficient (Wildman–Crippen LogP) is 1.46. The van der Waals surface area contributed by atoms with E-state index >= 15 is 0 Å². The molecule has 1 saturated carbocycles. The zero-order valence-electron chi connectivity index (χ0n) is 7.12. The first-order valence-corrected chi connectivity index (χ1v) is 4.27. The molecule has 0 aromatic heterocycles. The van der Waals surface area contributed by atoms with Gasteiger partial charge >= 0.3 is 0 Å². The lowest BCUT2D eigenvalue weighted by molar-refractivity contribution is 0.0186. The Morgan fingerprint density at radius 1 is 1.64 bits per heavy atom. The molecule has 64 valence electrons. The van der Waals surface area contributed by atoms with Gasteiger partial charge in [-0.3, -0.25) is 0 Å². The fourth-order valence-corrected chi connectivity index (χ4v) is 1.45. The van der Waals surface area contributed by atoms with Crippen LogP contribution in [-0.2, 0) is 4.74 Å². The molecule has 0 amide bonds. The minimum atomic E-state index is 0.143. The van der Waals surface area contributed by atoms with Crippen LogP contribution in [0.3, 0.4) is 0 Å². The van der Waals surface area contributed by atoms with Crippen LogP contribution in [-0.4, -0.2) is 18.2 Å².